The van der Waals surface area contributed by atoms with Gasteiger partial charge in [-0.1, -0.05) is 16.8 Å². The van der Waals surface area contributed by atoms with E-state index in [0.717, 1.165) is 4.88 Å². The zero-order valence-electron chi connectivity index (χ0n) is 15.9. The van der Waals surface area contributed by atoms with Crippen molar-refractivity contribution in [1.29, 1.82) is 0 Å². The molecule has 0 saturated heterocycles. The van der Waals surface area contributed by atoms with Crippen LogP contribution in [0.15, 0.2) is 27.6 Å². The molecule has 28 heavy (non-hydrogen) atoms. The van der Waals surface area contributed by atoms with Crippen molar-refractivity contribution in [1.82, 2.24) is 5.16 Å². The normalized spacial score (nSPS) is 11.5. The lowest BCUT2D eigenvalue weighted by Crippen LogP contribution is -2.15. The maximum Gasteiger partial charge on any atom is 0.263 e. The molecule has 0 unspecified atom stereocenters. The molecule has 0 aliphatic rings. The van der Waals surface area contributed by atoms with E-state index in [2.05, 4.69) is 9.88 Å². The number of hydrogen-bond donors (Lipinski definition) is 1. The summed E-state index contributed by atoms with van der Waals surface area (Å²) in [4.78, 5) is 1.58. The molecular weight excluding hydrogens is 424 g/mol. The van der Waals surface area contributed by atoms with Gasteiger partial charge in [0, 0.05) is 21.9 Å². The predicted molar refractivity (Wildman–Crippen MR) is 109 cm³/mol. The fraction of sp³-hybridized carbons (Fsp3) is 0.278. The molecule has 3 rings (SSSR count). The fourth-order valence-electron chi connectivity index (χ4n) is 2.89. The molecule has 0 spiro atoms. The van der Waals surface area contributed by atoms with Crippen LogP contribution in [-0.2, 0) is 10.0 Å². The second kappa shape index (κ2) is 7.65. The summed E-state index contributed by atoms with van der Waals surface area (Å²) in [7, 11) is -1.07. The number of anilines is 1. The average Bonchev–Trinajstić information content (AvgIpc) is 3.17. The number of aryl methyl sites for hydroxylation is 3. The van der Waals surface area contributed by atoms with Crippen LogP contribution in [0.4, 0.5) is 5.69 Å². The molecule has 3 aromatic rings. The van der Waals surface area contributed by atoms with Crippen molar-refractivity contribution in [2.24, 2.45) is 0 Å². The molecule has 0 fully saturated rings. The van der Waals surface area contributed by atoms with E-state index < -0.39 is 10.0 Å². The molecule has 0 aliphatic carbocycles. The summed E-state index contributed by atoms with van der Waals surface area (Å²) in [5.41, 5.74) is 1.36. The SMILES string of the molecule is COc1cc(OC)c(NS(=O)(=O)c2c(C)sc(C)c2-c2cc(C)no2)cc1Cl. The van der Waals surface area contributed by atoms with E-state index in [1.165, 1.54) is 37.7 Å². The molecule has 150 valence electrons. The third-order valence-corrected chi connectivity index (χ3v) is 7.05. The Bertz CT molecular complexity index is 1140. The number of hydrogen-bond acceptors (Lipinski definition) is 7. The fourth-order valence-corrected chi connectivity index (χ4v) is 6.06. The smallest absolute Gasteiger partial charge is 0.263 e. The molecule has 1 N–H and O–H groups in total. The lowest BCUT2D eigenvalue weighted by atomic mass is 10.2. The van der Waals surface area contributed by atoms with Crippen molar-refractivity contribution in [2.75, 3.05) is 18.9 Å². The van der Waals surface area contributed by atoms with Gasteiger partial charge in [0.25, 0.3) is 10.0 Å². The Morgan fingerprint density at radius 1 is 1.07 bits per heavy atom. The molecule has 0 amide bonds. The van der Waals surface area contributed by atoms with Gasteiger partial charge in [0.1, 0.15) is 16.4 Å². The standard InChI is InChI=1S/C18H19ClN2O5S2/c1-9-6-16(26-20-9)17-10(2)27-11(3)18(17)28(22,23)21-13-7-12(19)14(24-4)8-15(13)25-5/h6-8,21H,1-5H3. The number of ether oxygens (including phenoxy) is 2. The number of rotatable bonds is 6. The van der Waals surface area contributed by atoms with Gasteiger partial charge in [-0.3, -0.25) is 4.72 Å². The summed E-state index contributed by atoms with van der Waals surface area (Å²) in [6.45, 7) is 5.37. The topological polar surface area (TPSA) is 90.7 Å². The van der Waals surface area contributed by atoms with Crippen molar-refractivity contribution in [3.05, 3.63) is 38.7 Å². The quantitative estimate of drug-likeness (QED) is 0.589. The number of nitrogens with zero attached hydrogens (tertiary/aromatic N) is 1. The largest absolute Gasteiger partial charge is 0.495 e. The third-order valence-electron chi connectivity index (χ3n) is 4.07. The van der Waals surface area contributed by atoms with Gasteiger partial charge in [-0.25, -0.2) is 8.42 Å². The molecule has 10 heteroatoms. The number of methoxy groups -OCH3 is 2. The summed E-state index contributed by atoms with van der Waals surface area (Å²) in [6.07, 6.45) is 0. The number of benzene rings is 1. The minimum Gasteiger partial charge on any atom is -0.495 e. The zero-order valence-corrected chi connectivity index (χ0v) is 18.3. The monoisotopic (exact) mass is 442 g/mol. The third kappa shape index (κ3) is 3.69. The highest BCUT2D eigenvalue weighted by Gasteiger charge is 2.29. The van der Waals surface area contributed by atoms with Crippen molar-refractivity contribution < 1.29 is 22.4 Å². The van der Waals surface area contributed by atoms with Crippen molar-refractivity contribution in [2.45, 2.75) is 25.7 Å². The van der Waals surface area contributed by atoms with Crippen molar-refractivity contribution in [3.8, 4) is 22.8 Å². The van der Waals surface area contributed by atoms with Crippen molar-refractivity contribution in [3.63, 3.8) is 0 Å². The summed E-state index contributed by atoms with van der Waals surface area (Å²) in [5.74, 6) is 1.06. The molecule has 2 aromatic heterocycles. The van der Waals surface area contributed by atoms with Gasteiger partial charge in [0.15, 0.2) is 5.76 Å². The van der Waals surface area contributed by atoms with Gasteiger partial charge in [0.2, 0.25) is 0 Å². The molecule has 7 nitrogen and oxygen atoms in total. The van der Waals surface area contributed by atoms with E-state index in [4.69, 9.17) is 25.6 Å². The Morgan fingerprint density at radius 3 is 2.32 bits per heavy atom. The summed E-state index contributed by atoms with van der Waals surface area (Å²) in [6, 6.07) is 4.68. The number of aromatic nitrogens is 1. The van der Waals surface area contributed by atoms with Crippen LogP contribution < -0.4 is 14.2 Å². The maximum absolute atomic E-state index is 13.3. The Hall–Kier alpha value is -2.23. The van der Waals surface area contributed by atoms with Gasteiger partial charge in [-0.05, 0) is 26.8 Å². The first-order valence-corrected chi connectivity index (χ1v) is 10.8. The summed E-state index contributed by atoms with van der Waals surface area (Å²) >= 11 is 7.53. The Morgan fingerprint density at radius 2 is 1.75 bits per heavy atom. The first kappa shape index (κ1) is 20.5. The molecule has 1 aromatic carbocycles. The van der Waals surface area contributed by atoms with E-state index in [-0.39, 0.29) is 21.4 Å². The number of halogens is 1. The first-order chi connectivity index (χ1) is 13.2. The second-order valence-corrected chi connectivity index (χ2v) is 9.50. The van der Waals surface area contributed by atoms with E-state index in [0.29, 0.717) is 27.6 Å². The van der Waals surface area contributed by atoms with E-state index in [1.807, 2.05) is 6.92 Å². The molecule has 0 saturated carbocycles. The van der Waals surface area contributed by atoms with Crippen LogP contribution in [0.1, 0.15) is 15.4 Å². The van der Waals surface area contributed by atoms with Gasteiger partial charge < -0.3 is 14.0 Å². The van der Waals surface area contributed by atoms with E-state index in [9.17, 15) is 8.42 Å². The molecule has 2 heterocycles. The number of sulfonamides is 1. The van der Waals surface area contributed by atoms with Crippen LogP contribution in [0, 0.1) is 20.8 Å². The highest BCUT2D eigenvalue weighted by molar-refractivity contribution is 7.93. The van der Waals surface area contributed by atoms with Crippen LogP contribution in [0.25, 0.3) is 11.3 Å². The lowest BCUT2D eigenvalue weighted by Gasteiger charge is -2.15. The average molecular weight is 443 g/mol. The zero-order chi connectivity index (χ0) is 20.6. The van der Waals surface area contributed by atoms with Gasteiger partial charge in [0.05, 0.1) is 36.2 Å². The van der Waals surface area contributed by atoms with Crippen LogP contribution in [-0.4, -0.2) is 27.8 Å². The number of thiophene rings is 1. The van der Waals surface area contributed by atoms with Crippen LogP contribution in [0.2, 0.25) is 5.02 Å². The van der Waals surface area contributed by atoms with Crippen LogP contribution in [0.5, 0.6) is 11.5 Å². The molecule has 0 aliphatic heterocycles. The summed E-state index contributed by atoms with van der Waals surface area (Å²) < 4.78 is 44.9. The van der Waals surface area contributed by atoms with Crippen molar-refractivity contribution >= 4 is 38.6 Å². The highest BCUT2D eigenvalue weighted by atomic mass is 35.5. The van der Waals surface area contributed by atoms with Gasteiger partial charge in [-0.2, -0.15) is 0 Å². The maximum atomic E-state index is 13.3. The second-order valence-electron chi connectivity index (χ2n) is 6.04. The Balaban J connectivity index is 2.12. The molecule has 0 radical (unpaired) electrons. The van der Waals surface area contributed by atoms with Gasteiger partial charge >= 0.3 is 0 Å². The lowest BCUT2D eigenvalue weighted by molar-refractivity contribution is 0.396. The molecule has 0 atom stereocenters. The van der Waals surface area contributed by atoms with E-state index in [1.54, 1.807) is 19.9 Å². The minimum atomic E-state index is -3.97. The Kier molecular flexibility index (Phi) is 5.60. The van der Waals surface area contributed by atoms with E-state index >= 15 is 0 Å². The molecule has 0 bridgehead atoms. The van der Waals surface area contributed by atoms with Crippen LogP contribution in [0.3, 0.4) is 0 Å². The molecular formula is C18H19ClN2O5S2. The van der Waals surface area contributed by atoms with Crippen LogP contribution >= 0.6 is 22.9 Å². The summed E-state index contributed by atoms with van der Waals surface area (Å²) in [5, 5.41) is 4.13. The first-order valence-electron chi connectivity index (χ1n) is 8.16. The highest BCUT2D eigenvalue weighted by Crippen LogP contribution is 2.42. The minimum absolute atomic E-state index is 0.139. The van der Waals surface area contributed by atoms with Gasteiger partial charge in [-0.15, -0.1) is 11.3 Å². The predicted octanol–water partition coefficient (Wildman–Crippen LogP) is 4.80. The Labute approximate surface area is 172 Å². The number of nitrogens with one attached hydrogen (secondary N) is 1.